The number of carbonyl (C=O) groups is 2. The van der Waals surface area contributed by atoms with Gasteiger partial charge >= 0.3 is 12.0 Å². The fourth-order valence-electron chi connectivity index (χ4n) is 1.89. The Balaban J connectivity index is 1.64. The van der Waals surface area contributed by atoms with Gasteiger partial charge in [-0.3, -0.25) is 4.79 Å². The predicted molar refractivity (Wildman–Crippen MR) is 70.9 cm³/mol. The molecule has 102 valence electrons. The number of hydrogen-bond donors (Lipinski definition) is 3. The van der Waals surface area contributed by atoms with E-state index in [1.165, 1.54) is 0 Å². The van der Waals surface area contributed by atoms with E-state index in [9.17, 15) is 9.59 Å². The zero-order chi connectivity index (χ0) is 13.7. The van der Waals surface area contributed by atoms with Gasteiger partial charge in [0.25, 0.3) is 0 Å². The van der Waals surface area contributed by atoms with Crippen LogP contribution in [0.5, 0.6) is 0 Å². The van der Waals surface area contributed by atoms with Crippen molar-refractivity contribution in [1.82, 2.24) is 10.6 Å². The van der Waals surface area contributed by atoms with Crippen LogP contribution in [0.2, 0.25) is 0 Å². The average molecular weight is 262 g/mol. The molecule has 0 radical (unpaired) electrons. The van der Waals surface area contributed by atoms with Crippen molar-refractivity contribution < 1.29 is 14.7 Å². The molecule has 0 bridgehead atoms. The van der Waals surface area contributed by atoms with E-state index in [1.807, 2.05) is 30.3 Å². The predicted octanol–water partition coefficient (Wildman–Crippen LogP) is 1.39. The summed E-state index contributed by atoms with van der Waals surface area (Å²) in [5.41, 5.74) is 0.448. The topological polar surface area (TPSA) is 78.4 Å². The smallest absolute Gasteiger partial charge is 0.314 e. The maximum atomic E-state index is 11.5. The second kappa shape index (κ2) is 5.73. The van der Waals surface area contributed by atoms with E-state index >= 15 is 0 Å². The van der Waals surface area contributed by atoms with Crippen molar-refractivity contribution in [1.29, 1.82) is 0 Å². The molecular formula is C14H18N2O3. The van der Waals surface area contributed by atoms with Gasteiger partial charge in [-0.2, -0.15) is 0 Å². The number of nitrogens with one attached hydrogen (secondary N) is 2. The molecule has 1 fully saturated rings. The molecule has 19 heavy (non-hydrogen) atoms. The molecule has 1 saturated carbocycles. The van der Waals surface area contributed by atoms with Crippen molar-refractivity contribution in [2.45, 2.75) is 19.3 Å². The lowest BCUT2D eigenvalue weighted by Crippen LogP contribution is -2.41. The van der Waals surface area contributed by atoms with Crippen LogP contribution < -0.4 is 10.6 Å². The molecule has 0 spiro atoms. The molecule has 3 N–H and O–H groups in total. The van der Waals surface area contributed by atoms with Gasteiger partial charge in [0, 0.05) is 13.1 Å². The van der Waals surface area contributed by atoms with Gasteiger partial charge in [-0.05, 0) is 24.8 Å². The van der Waals surface area contributed by atoms with Crippen LogP contribution in [-0.4, -0.2) is 30.2 Å². The normalized spacial score (nSPS) is 15.6. The number of benzene rings is 1. The molecule has 0 atom stereocenters. The molecule has 1 aromatic rings. The molecule has 1 aliphatic rings. The summed E-state index contributed by atoms with van der Waals surface area (Å²) in [4.78, 5) is 22.4. The van der Waals surface area contributed by atoms with Crippen LogP contribution in [0.1, 0.15) is 18.4 Å². The van der Waals surface area contributed by atoms with Crippen molar-refractivity contribution in [2.75, 3.05) is 13.1 Å². The highest BCUT2D eigenvalue weighted by molar-refractivity contribution is 5.80. The Hall–Kier alpha value is -2.04. The first kappa shape index (κ1) is 13.4. The molecule has 2 amide bonds. The molecule has 0 saturated heterocycles. The van der Waals surface area contributed by atoms with Gasteiger partial charge < -0.3 is 15.7 Å². The van der Waals surface area contributed by atoms with Crippen LogP contribution in [-0.2, 0) is 11.2 Å². The lowest BCUT2D eigenvalue weighted by atomic mass is 10.1. The van der Waals surface area contributed by atoms with Gasteiger partial charge in [0.2, 0.25) is 0 Å². The summed E-state index contributed by atoms with van der Waals surface area (Å²) in [6.45, 7) is 0.745. The van der Waals surface area contributed by atoms with E-state index in [0.29, 0.717) is 19.4 Å². The zero-order valence-electron chi connectivity index (χ0n) is 10.7. The number of urea groups is 1. The van der Waals surface area contributed by atoms with Crippen molar-refractivity contribution in [3.8, 4) is 0 Å². The summed E-state index contributed by atoms with van der Waals surface area (Å²) in [5.74, 6) is -0.822. The monoisotopic (exact) mass is 262 g/mol. The summed E-state index contributed by atoms with van der Waals surface area (Å²) in [6, 6.07) is 9.57. The Morgan fingerprint density at radius 3 is 2.42 bits per heavy atom. The SMILES string of the molecule is O=C(NCCc1ccccc1)NCC1(C(=O)O)CC1. The number of amides is 2. The zero-order valence-corrected chi connectivity index (χ0v) is 10.7. The van der Waals surface area contributed by atoms with E-state index in [0.717, 1.165) is 12.0 Å². The van der Waals surface area contributed by atoms with Crippen molar-refractivity contribution in [2.24, 2.45) is 5.41 Å². The number of carbonyl (C=O) groups excluding carboxylic acids is 1. The second-order valence-corrected chi connectivity index (χ2v) is 4.93. The molecule has 5 nitrogen and oxygen atoms in total. The first-order chi connectivity index (χ1) is 9.12. The molecule has 1 aliphatic carbocycles. The van der Waals surface area contributed by atoms with Gasteiger partial charge in [-0.25, -0.2) is 4.79 Å². The van der Waals surface area contributed by atoms with Crippen LogP contribution in [0, 0.1) is 5.41 Å². The maximum absolute atomic E-state index is 11.5. The molecular weight excluding hydrogens is 244 g/mol. The second-order valence-electron chi connectivity index (χ2n) is 4.93. The third-order valence-corrected chi connectivity index (χ3v) is 3.44. The van der Waals surface area contributed by atoms with Crippen LogP contribution in [0.25, 0.3) is 0 Å². The third-order valence-electron chi connectivity index (χ3n) is 3.44. The first-order valence-electron chi connectivity index (χ1n) is 6.41. The Labute approximate surface area is 112 Å². The number of hydrogen-bond acceptors (Lipinski definition) is 2. The van der Waals surface area contributed by atoms with E-state index in [2.05, 4.69) is 10.6 Å². The Morgan fingerprint density at radius 2 is 1.84 bits per heavy atom. The minimum absolute atomic E-state index is 0.208. The van der Waals surface area contributed by atoms with Gasteiger partial charge in [-0.1, -0.05) is 30.3 Å². The summed E-state index contributed by atoms with van der Waals surface area (Å²) in [5, 5.41) is 14.3. The summed E-state index contributed by atoms with van der Waals surface area (Å²) >= 11 is 0. The van der Waals surface area contributed by atoms with Gasteiger partial charge in [0.1, 0.15) is 0 Å². The molecule has 2 rings (SSSR count). The van der Waals surface area contributed by atoms with Crippen molar-refractivity contribution in [3.05, 3.63) is 35.9 Å². The summed E-state index contributed by atoms with van der Waals surface area (Å²) in [7, 11) is 0. The minimum atomic E-state index is -0.822. The molecule has 5 heteroatoms. The highest BCUT2D eigenvalue weighted by atomic mass is 16.4. The Bertz CT molecular complexity index is 455. The standard InChI is InChI=1S/C14H18N2O3/c17-12(18)14(7-8-14)10-16-13(19)15-9-6-11-4-2-1-3-5-11/h1-5H,6-10H2,(H,17,18)(H2,15,16,19). The number of carboxylic acids is 1. The van der Waals surface area contributed by atoms with Crippen LogP contribution in [0.15, 0.2) is 30.3 Å². The van der Waals surface area contributed by atoms with Crippen molar-refractivity contribution in [3.63, 3.8) is 0 Å². The Kier molecular flexibility index (Phi) is 4.04. The lowest BCUT2D eigenvalue weighted by molar-refractivity contribution is -0.143. The van der Waals surface area contributed by atoms with Crippen LogP contribution in [0.4, 0.5) is 4.79 Å². The molecule has 0 aromatic heterocycles. The van der Waals surface area contributed by atoms with Crippen LogP contribution in [0.3, 0.4) is 0 Å². The molecule has 0 aliphatic heterocycles. The van der Waals surface area contributed by atoms with E-state index in [1.54, 1.807) is 0 Å². The average Bonchev–Trinajstić information content (AvgIpc) is 3.19. The largest absolute Gasteiger partial charge is 0.481 e. The van der Waals surface area contributed by atoms with E-state index in [-0.39, 0.29) is 12.6 Å². The lowest BCUT2D eigenvalue weighted by Gasteiger charge is -2.12. The fourth-order valence-corrected chi connectivity index (χ4v) is 1.89. The van der Waals surface area contributed by atoms with Crippen molar-refractivity contribution >= 4 is 12.0 Å². The van der Waals surface area contributed by atoms with E-state index < -0.39 is 11.4 Å². The highest BCUT2D eigenvalue weighted by Gasteiger charge is 2.50. The first-order valence-corrected chi connectivity index (χ1v) is 6.41. The number of aliphatic carboxylic acids is 1. The maximum Gasteiger partial charge on any atom is 0.314 e. The van der Waals surface area contributed by atoms with Gasteiger partial charge in [0.05, 0.1) is 5.41 Å². The summed E-state index contributed by atoms with van der Waals surface area (Å²) in [6.07, 6.45) is 2.05. The Morgan fingerprint density at radius 1 is 1.16 bits per heavy atom. The molecule has 0 unspecified atom stereocenters. The van der Waals surface area contributed by atoms with E-state index in [4.69, 9.17) is 5.11 Å². The summed E-state index contributed by atoms with van der Waals surface area (Å²) < 4.78 is 0. The van der Waals surface area contributed by atoms with Gasteiger partial charge in [-0.15, -0.1) is 0 Å². The quantitative estimate of drug-likeness (QED) is 0.725. The fraction of sp³-hybridized carbons (Fsp3) is 0.429. The highest BCUT2D eigenvalue weighted by Crippen LogP contribution is 2.45. The van der Waals surface area contributed by atoms with Gasteiger partial charge in [0.15, 0.2) is 0 Å². The number of rotatable bonds is 6. The molecule has 0 heterocycles. The van der Waals surface area contributed by atoms with Crippen LogP contribution >= 0.6 is 0 Å². The minimum Gasteiger partial charge on any atom is -0.481 e. The number of carboxylic acid groups (broad SMARTS) is 1. The molecule has 1 aromatic carbocycles. The third kappa shape index (κ3) is 3.71.